The third kappa shape index (κ3) is 2.38. The smallest absolute Gasteiger partial charge is 0.241 e. The maximum atomic E-state index is 11.6. The van der Waals surface area contributed by atoms with Crippen LogP contribution >= 0.6 is 15.9 Å². The van der Waals surface area contributed by atoms with E-state index in [9.17, 15) is 4.79 Å². The Morgan fingerprint density at radius 2 is 2.00 bits per heavy atom. The van der Waals surface area contributed by atoms with E-state index in [1.807, 2.05) is 24.3 Å². The monoisotopic (exact) mass is 268 g/mol. The summed E-state index contributed by atoms with van der Waals surface area (Å²) in [5.41, 5.74) is 1.00. The number of hydrogen-bond acceptors (Lipinski definition) is 2. The summed E-state index contributed by atoms with van der Waals surface area (Å²) in [6, 6.07) is 7.91. The first-order valence-electron chi connectivity index (χ1n) is 4.96. The molecule has 0 aliphatic carbocycles. The lowest BCUT2D eigenvalue weighted by Gasteiger charge is -2.28. The quantitative estimate of drug-likeness (QED) is 0.813. The number of rotatable bonds is 1. The van der Waals surface area contributed by atoms with E-state index in [1.54, 1.807) is 0 Å². The Hall–Kier alpha value is -0.870. The molecule has 0 aromatic heterocycles. The van der Waals surface area contributed by atoms with E-state index in [1.165, 1.54) is 0 Å². The Bertz CT molecular complexity index is 363. The lowest BCUT2D eigenvalue weighted by Crippen LogP contribution is -2.52. The second-order valence-electron chi connectivity index (χ2n) is 3.80. The van der Waals surface area contributed by atoms with Gasteiger partial charge in [0.15, 0.2) is 0 Å². The Labute approximate surface area is 97.4 Å². The van der Waals surface area contributed by atoms with Crippen LogP contribution in [0.15, 0.2) is 28.7 Å². The van der Waals surface area contributed by atoms with Gasteiger partial charge in [-0.05, 0) is 24.6 Å². The first-order chi connectivity index (χ1) is 7.16. The van der Waals surface area contributed by atoms with E-state index < -0.39 is 0 Å². The fourth-order valence-electron chi connectivity index (χ4n) is 1.68. The minimum Gasteiger partial charge on any atom is -0.353 e. The average Bonchev–Trinajstić information content (AvgIpc) is 2.23. The van der Waals surface area contributed by atoms with Crippen molar-refractivity contribution in [2.45, 2.75) is 19.0 Å². The molecule has 1 amide bonds. The molecular formula is C11H13BrN2O. The number of piperazine rings is 1. The van der Waals surface area contributed by atoms with Gasteiger partial charge in [0.2, 0.25) is 5.91 Å². The molecule has 3 nitrogen and oxygen atoms in total. The van der Waals surface area contributed by atoms with Crippen molar-refractivity contribution in [1.29, 1.82) is 0 Å². The van der Waals surface area contributed by atoms with Crippen molar-refractivity contribution in [1.82, 2.24) is 10.6 Å². The van der Waals surface area contributed by atoms with Crippen LogP contribution in [-0.4, -0.2) is 18.5 Å². The summed E-state index contributed by atoms with van der Waals surface area (Å²) in [6.45, 7) is 2.76. The summed E-state index contributed by atoms with van der Waals surface area (Å²) >= 11 is 3.38. The Morgan fingerprint density at radius 3 is 2.67 bits per heavy atom. The molecule has 2 rings (SSSR count). The molecule has 4 heteroatoms. The van der Waals surface area contributed by atoms with Crippen LogP contribution in [0.5, 0.6) is 0 Å². The van der Waals surface area contributed by atoms with Gasteiger partial charge in [-0.1, -0.05) is 28.1 Å². The fraction of sp³-hybridized carbons (Fsp3) is 0.364. The number of carbonyl (C=O) groups excluding carboxylic acids is 1. The zero-order valence-electron chi connectivity index (χ0n) is 8.46. The van der Waals surface area contributed by atoms with Crippen molar-refractivity contribution in [3.05, 3.63) is 34.3 Å². The number of hydrogen-bond donors (Lipinski definition) is 2. The minimum absolute atomic E-state index is 0.0513. The zero-order valence-corrected chi connectivity index (χ0v) is 10.0. The van der Waals surface area contributed by atoms with Crippen LogP contribution in [0.3, 0.4) is 0 Å². The van der Waals surface area contributed by atoms with Crippen LogP contribution in [0, 0.1) is 0 Å². The van der Waals surface area contributed by atoms with Gasteiger partial charge in [-0.25, -0.2) is 0 Å². The molecule has 15 heavy (non-hydrogen) atoms. The fourth-order valence-corrected chi connectivity index (χ4v) is 1.94. The highest BCUT2D eigenvalue weighted by atomic mass is 79.9. The van der Waals surface area contributed by atoms with E-state index >= 15 is 0 Å². The van der Waals surface area contributed by atoms with Crippen LogP contribution in [0.4, 0.5) is 0 Å². The molecule has 1 aromatic carbocycles. The summed E-state index contributed by atoms with van der Waals surface area (Å²) in [4.78, 5) is 11.6. The molecule has 0 saturated carbocycles. The Kier molecular flexibility index (Phi) is 3.07. The highest BCUT2D eigenvalue weighted by Crippen LogP contribution is 2.19. The maximum absolute atomic E-state index is 11.6. The lowest BCUT2D eigenvalue weighted by atomic mass is 10.0. The second-order valence-corrected chi connectivity index (χ2v) is 4.71. The number of amides is 1. The van der Waals surface area contributed by atoms with Crippen LogP contribution in [-0.2, 0) is 4.79 Å². The topological polar surface area (TPSA) is 41.1 Å². The summed E-state index contributed by atoms with van der Waals surface area (Å²) in [5.74, 6) is 0.0513. The highest BCUT2D eigenvalue weighted by molar-refractivity contribution is 9.10. The van der Waals surface area contributed by atoms with E-state index in [2.05, 4.69) is 33.5 Å². The first-order valence-corrected chi connectivity index (χ1v) is 5.75. The SMILES string of the molecule is CC1CNC(=O)C(c2ccc(Br)cc2)N1. The van der Waals surface area contributed by atoms with Gasteiger partial charge in [-0.15, -0.1) is 0 Å². The standard InChI is InChI=1S/C11H13BrN2O/c1-7-6-13-11(15)10(14-7)8-2-4-9(12)5-3-8/h2-5,7,10,14H,6H2,1H3,(H,13,15). The van der Waals surface area contributed by atoms with Gasteiger partial charge in [-0.2, -0.15) is 0 Å². The molecule has 1 saturated heterocycles. The van der Waals surface area contributed by atoms with Gasteiger partial charge in [0.05, 0.1) is 0 Å². The van der Waals surface area contributed by atoms with Crippen molar-refractivity contribution in [2.75, 3.05) is 6.54 Å². The number of halogens is 1. The van der Waals surface area contributed by atoms with Gasteiger partial charge in [0.1, 0.15) is 6.04 Å². The molecule has 0 spiro atoms. The molecule has 1 fully saturated rings. The Morgan fingerprint density at radius 1 is 1.33 bits per heavy atom. The van der Waals surface area contributed by atoms with Crippen molar-refractivity contribution >= 4 is 21.8 Å². The Balaban J connectivity index is 2.21. The van der Waals surface area contributed by atoms with E-state index in [4.69, 9.17) is 0 Å². The van der Waals surface area contributed by atoms with Gasteiger partial charge in [-0.3, -0.25) is 10.1 Å². The zero-order chi connectivity index (χ0) is 10.8. The van der Waals surface area contributed by atoms with Crippen LogP contribution < -0.4 is 10.6 Å². The first kappa shape index (κ1) is 10.6. The van der Waals surface area contributed by atoms with Crippen molar-refractivity contribution < 1.29 is 4.79 Å². The summed E-state index contributed by atoms with van der Waals surface area (Å²) in [6.07, 6.45) is 0. The molecular weight excluding hydrogens is 256 g/mol. The van der Waals surface area contributed by atoms with Crippen molar-refractivity contribution in [2.24, 2.45) is 0 Å². The molecule has 1 aliphatic rings. The van der Waals surface area contributed by atoms with E-state index in [0.717, 1.165) is 10.0 Å². The highest BCUT2D eigenvalue weighted by Gasteiger charge is 2.26. The predicted octanol–water partition coefficient (Wildman–Crippen LogP) is 1.60. The van der Waals surface area contributed by atoms with Crippen molar-refractivity contribution in [3.63, 3.8) is 0 Å². The number of carbonyl (C=O) groups is 1. The van der Waals surface area contributed by atoms with Gasteiger partial charge >= 0.3 is 0 Å². The molecule has 2 unspecified atom stereocenters. The molecule has 2 atom stereocenters. The van der Waals surface area contributed by atoms with Crippen LogP contribution in [0.25, 0.3) is 0 Å². The van der Waals surface area contributed by atoms with Gasteiger partial charge in [0.25, 0.3) is 0 Å². The largest absolute Gasteiger partial charge is 0.353 e. The summed E-state index contributed by atoms with van der Waals surface area (Å²) < 4.78 is 1.02. The van der Waals surface area contributed by atoms with E-state index in [-0.39, 0.29) is 11.9 Å². The average molecular weight is 269 g/mol. The molecule has 1 aromatic rings. The number of benzene rings is 1. The van der Waals surface area contributed by atoms with Crippen LogP contribution in [0.2, 0.25) is 0 Å². The predicted molar refractivity (Wildman–Crippen MR) is 62.5 cm³/mol. The third-order valence-electron chi connectivity index (χ3n) is 2.50. The molecule has 2 N–H and O–H groups in total. The second kappa shape index (κ2) is 4.33. The summed E-state index contributed by atoms with van der Waals surface area (Å²) in [5, 5.41) is 6.16. The normalized spacial score (nSPS) is 26.1. The minimum atomic E-state index is -0.221. The molecule has 0 radical (unpaired) electrons. The molecule has 80 valence electrons. The van der Waals surface area contributed by atoms with Gasteiger partial charge in [0, 0.05) is 17.1 Å². The maximum Gasteiger partial charge on any atom is 0.241 e. The van der Waals surface area contributed by atoms with Crippen molar-refractivity contribution in [3.8, 4) is 0 Å². The molecule has 1 aliphatic heterocycles. The molecule has 1 heterocycles. The summed E-state index contributed by atoms with van der Waals surface area (Å²) in [7, 11) is 0. The van der Waals surface area contributed by atoms with Gasteiger partial charge < -0.3 is 5.32 Å². The molecule has 0 bridgehead atoms. The van der Waals surface area contributed by atoms with Crippen LogP contribution in [0.1, 0.15) is 18.5 Å². The lowest BCUT2D eigenvalue weighted by molar-refractivity contribution is -0.125. The number of nitrogens with one attached hydrogen (secondary N) is 2. The third-order valence-corrected chi connectivity index (χ3v) is 3.03. The van der Waals surface area contributed by atoms with E-state index in [0.29, 0.717) is 12.6 Å².